The minimum absolute atomic E-state index is 0.249. The summed E-state index contributed by atoms with van der Waals surface area (Å²) in [5.74, 6) is 0.954. The van der Waals surface area contributed by atoms with Gasteiger partial charge in [0, 0.05) is 22.4 Å². The molecule has 7 nitrogen and oxygen atoms in total. The number of nitrogens with one attached hydrogen (secondary N) is 2. The molecule has 4 aromatic rings. The molecular formula is C27H24ClN3O4. The maximum atomic E-state index is 12.1. The number of hydrogen-bond donors (Lipinski definition) is 2. The van der Waals surface area contributed by atoms with Gasteiger partial charge in [-0.25, -0.2) is 4.79 Å². The Morgan fingerprint density at radius 1 is 1.09 bits per heavy atom. The van der Waals surface area contributed by atoms with Crippen molar-refractivity contribution in [3.05, 3.63) is 76.8 Å². The van der Waals surface area contributed by atoms with Crippen molar-refractivity contribution in [2.75, 3.05) is 0 Å². The van der Waals surface area contributed by atoms with Crippen molar-refractivity contribution in [3.8, 4) is 22.8 Å². The first-order valence-corrected chi connectivity index (χ1v) is 11.8. The third kappa shape index (κ3) is 4.59. The molecule has 1 aliphatic rings. The van der Waals surface area contributed by atoms with E-state index in [4.69, 9.17) is 21.1 Å². The Morgan fingerprint density at radius 2 is 1.94 bits per heavy atom. The van der Waals surface area contributed by atoms with Crippen LogP contribution in [-0.4, -0.2) is 27.8 Å². The minimum atomic E-state index is -1.23. The van der Waals surface area contributed by atoms with Gasteiger partial charge >= 0.3 is 6.09 Å². The zero-order valence-electron chi connectivity index (χ0n) is 19.4. The van der Waals surface area contributed by atoms with E-state index < -0.39 is 17.6 Å². The zero-order valence-corrected chi connectivity index (χ0v) is 20.1. The molecule has 0 saturated carbocycles. The lowest BCUT2D eigenvalue weighted by molar-refractivity contribution is -0.129. The number of aromatic nitrogens is 2. The van der Waals surface area contributed by atoms with E-state index in [0.29, 0.717) is 10.8 Å². The van der Waals surface area contributed by atoms with Crippen molar-refractivity contribution >= 4 is 34.5 Å². The standard InChI is InChI=1S/C27H24ClN3O4/c1-3-5-17-13-18(24-21-10-9-19(28)14-22(21)30-31-24)8-11-23(17)34-20-7-4-6-16(12-20)15-27(2)25(32)29-26(33)35-27/h4,6-14H,3,5,15H2,1-2H3,(H,30,31)(H,29,32,33)/t27-/m1/s1. The van der Waals surface area contributed by atoms with E-state index in [-0.39, 0.29) is 6.42 Å². The summed E-state index contributed by atoms with van der Waals surface area (Å²) >= 11 is 6.11. The summed E-state index contributed by atoms with van der Waals surface area (Å²) in [6, 6.07) is 19.2. The van der Waals surface area contributed by atoms with Gasteiger partial charge in [0.05, 0.1) is 11.2 Å². The van der Waals surface area contributed by atoms with Crippen LogP contribution in [0.5, 0.6) is 11.5 Å². The van der Waals surface area contributed by atoms with E-state index in [1.807, 2.05) is 54.6 Å². The number of rotatable bonds is 7. The molecule has 1 atom stereocenters. The Bertz CT molecular complexity index is 1450. The van der Waals surface area contributed by atoms with E-state index in [9.17, 15) is 9.59 Å². The van der Waals surface area contributed by atoms with Crippen LogP contribution in [-0.2, 0) is 22.4 Å². The van der Waals surface area contributed by atoms with Gasteiger partial charge in [0.2, 0.25) is 0 Å². The van der Waals surface area contributed by atoms with Crippen LogP contribution in [0.4, 0.5) is 4.79 Å². The first-order valence-electron chi connectivity index (χ1n) is 11.4. The first-order chi connectivity index (χ1) is 16.8. The van der Waals surface area contributed by atoms with Gasteiger partial charge in [-0.1, -0.05) is 37.1 Å². The highest BCUT2D eigenvalue weighted by Crippen LogP contribution is 2.34. The molecule has 1 aromatic heterocycles. The highest BCUT2D eigenvalue weighted by atomic mass is 35.5. The summed E-state index contributed by atoms with van der Waals surface area (Å²) in [5.41, 5.74) is 3.39. The molecule has 0 unspecified atom stereocenters. The number of cyclic esters (lactones) is 1. The van der Waals surface area contributed by atoms with E-state index in [0.717, 1.165) is 51.9 Å². The smallest absolute Gasteiger partial charge is 0.415 e. The van der Waals surface area contributed by atoms with Gasteiger partial charge in [-0.2, -0.15) is 5.10 Å². The van der Waals surface area contributed by atoms with E-state index in [1.165, 1.54) is 0 Å². The highest BCUT2D eigenvalue weighted by molar-refractivity contribution is 6.31. The number of amides is 2. The predicted molar refractivity (Wildman–Crippen MR) is 134 cm³/mol. The monoisotopic (exact) mass is 489 g/mol. The fourth-order valence-corrected chi connectivity index (χ4v) is 4.53. The van der Waals surface area contributed by atoms with Gasteiger partial charge < -0.3 is 9.47 Å². The molecule has 1 saturated heterocycles. The molecule has 35 heavy (non-hydrogen) atoms. The van der Waals surface area contributed by atoms with Crippen LogP contribution in [0.15, 0.2) is 60.7 Å². The topological polar surface area (TPSA) is 93.3 Å². The Kier molecular flexibility index (Phi) is 5.94. The fourth-order valence-electron chi connectivity index (χ4n) is 4.36. The summed E-state index contributed by atoms with van der Waals surface area (Å²) in [6.07, 6.45) is 1.32. The molecule has 0 spiro atoms. The average Bonchev–Trinajstić information content (AvgIpc) is 3.34. The van der Waals surface area contributed by atoms with Crippen LogP contribution in [0, 0.1) is 0 Å². The van der Waals surface area contributed by atoms with Crippen LogP contribution in [0.1, 0.15) is 31.4 Å². The van der Waals surface area contributed by atoms with Crippen molar-refractivity contribution in [1.29, 1.82) is 0 Å². The second-order valence-electron chi connectivity index (χ2n) is 8.84. The number of hydrogen-bond acceptors (Lipinski definition) is 5. The Labute approximate surface area is 207 Å². The maximum absolute atomic E-state index is 12.1. The van der Waals surface area contributed by atoms with Crippen molar-refractivity contribution in [3.63, 3.8) is 0 Å². The second-order valence-corrected chi connectivity index (χ2v) is 9.27. The summed E-state index contributed by atoms with van der Waals surface area (Å²) in [5, 5.41) is 11.4. The number of carbonyl (C=O) groups is 2. The van der Waals surface area contributed by atoms with Gasteiger partial charge in [0.1, 0.15) is 11.5 Å². The Balaban J connectivity index is 1.42. The van der Waals surface area contributed by atoms with Gasteiger partial charge in [0.25, 0.3) is 5.91 Å². The molecule has 2 N–H and O–H groups in total. The van der Waals surface area contributed by atoms with Gasteiger partial charge in [-0.15, -0.1) is 0 Å². The molecular weight excluding hydrogens is 466 g/mol. The number of imide groups is 1. The summed E-state index contributed by atoms with van der Waals surface area (Å²) in [7, 11) is 0. The number of ether oxygens (including phenoxy) is 2. The summed E-state index contributed by atoms with van der Waals surface area (Å²) in [4.78, 5) is 23.6. The number of benzene rings is 3. The van der Waals surface area contributed by atoms with Crippen LogP contribution in [0.2, 0.25) is 5.02 Å². The third-order valence-electron chi connectivity index (χ3n) is 6.06. The quantitative estimate of drug-likeness (QED) is 0.322. The normalized spacial score (nSPS) is 17.5. The molecule has 1 fully saturated rings. The number of nitrogens with zero attached hydrogens (tertiary/aromatic N) is 1. The van der Waals surface area contributed by atoms with Crippen molar-refractivity contribution in [2.24, 2.45) is 0 Å². The van der Waals surface area contributed by atoms with Crippen molar-refractivity contribution in [1.82, 2.24) is 15.5 Å². The Morgan fingerprint density at radius 3 is 2.71 bits per heavy atom. The van der Waals surface area contributed by atoms with Crippen LogP contribution >= 0.6 is 11.6 Å². The molecule has 0 aliphatic carbocycles. The van der Waals surface area contributed by atoms with E-state index in [2.05, 4.69) is 28.5 Å². The SMILES string of the molecule is CCCc1cc(-c2n[nH]c3cc(Cl)ccc23)ccc1Oc1cccc(C[C@@]2(C)OC(=O)NC2=O)c1. The largest absolute Gasteiger partial charge is 0.457 e. The lowest BCUT2D eigenvalue weighted by Crippen LogP contribution is -2.38. The number of fused-ring (bicyclic) bond motifs is 1. The van der Waals surface area contributed by atoms with Gasteiger partial charge in [-0.05, 0) is 73.0 Å². The minimum Gasteiger partial charge on any atom is -0.457 e. The van der Waals surface area contributed by atoms with Crippen LogP contribution in [0.3, 0.4) is 0 Å². The summed E-state index contributed by atoms with van der Waals surface area (Å²) in [6.45, 7) is 3.73. The third-order valence-corrected chi connectivity index (χ3v) is 6.29. The zero-order chi connectivity index (χ0) is 24.6. The van der Waals surface area contributed by atoms with E-state index >= 15 is 0 Å². The highest BCUT2D eigenvalue weighted by Gasteiger charge is 2.44. The van der Waals surface area contributed by atoms with Gasteiger partial charge in [0.15, 0.2) is 5.60 Å². The molecule has 178 valence electrons. The van der Waals surface area contributed by atoms with Crippen LogP contribution in [0.25, 0.3) is 22.2 Å². The molecule has 5 rings (SSSR count). The maximum Gasteiger partial charge on any atom is 0.415 e. The second kappa shape index (κ2) is 9.07. The number of carbonyl (C=O) groups excluding carboxylic acids is 2. The average molecular weight is 490 g/mol. The van der Waals surface area contributed by atoms with Crippen molar-refractivity contribution < 1.29 is 19.1 Å². The first kappa shape index (κ1) is 22.9. The van der Waals surface area contributed by atoms with Crippen LogP contribution < -0.4 is 10.1 Å². The summed E-state index contributed by atoms with van der Waals surface area (Å²) < 4.78 is 11.5. The predicted octanol–water partition coefficient (Wildman–Crippen LogP) is 6.20. The molecule has 0 bridgehead atoms. The number of H-pyrrole nitrogens is 1. The lowest BCUT2D eigenvalue weighted by atomic mass is 9.96. The number of halogens is 1. The number of aryl methyl sites for hydroxylation is 1. The molecule has 2 amide bonds. The fraction of sp³-hybridized carbons (Fsp3) is 0.222. The molecule has 0 radical (unpaired) electrons. The van der Waals surface area contributed by atoms with Crippen molar-refractivity contribution in [2.45, 2.75) is 38.7 Å². The molecule has 1 aliphatic heterocycles. The molecule has 8 heteroatoms. The number of alkyl carbamates (subject to hydrolysis) is 1. The number of aromatic amines is 1. The lowest BCUT2D eigenvalue weighted by Gasteiger charge is -2.19. The Hall–Kier alpha value is -3.84. The molecule has 2 heterocycles. The molecule has 3 aromatic carbocycles. The van der Waals surface area contributed by atoms with Gasteiger partial charge in [-0.3, -0.25) is 15.2 Å². The van der Waals surface area contributed by atoms with E-state index in [1.54, 1.807) is 6.92 Å².